The molecule has 1 unspecified atom stereocenters. The smallest absolute Gasteiger partial charge is 0.0245 e. The highest BCUT2D eigenvalue weighted by Crippen LogP contribution is 2.10. The monoisotopic (exact) mass is 165 g/mol. The van der Waals surface area contributed by atoms with Crippen LogP contribution in [0.1, 0.15) is 33.1 Å². The van der Waals surface area contributed by atoms with E-state index in [9.17, 15) is 0 Å². The Morgan fingerprint density at radius 2 is 1.92 bits per heavy atom. The summed E-state index contributed by atoms with van der Waals surface area (Å²) in [5.41, 5.74) is 0. The van der Waals surface area contributed by atoms with Crippen molar-refractivity contribution in [3.63, 3.8) is 0 Å². The maximum absolute atomic E-state index is 2.33. The summed E-state index contributed by atoms with van der Waals surface area (Å²) in [5.74, 6) is 0.817. The van der Waals surface area contributed by atoms with E-state index >= 15 is 0 Å². The molecule has 0 fully saturated rings. The van der Waals surface area contributed by atoms with E-state index in [0.717, 1.165) is 5.92 Å². The Bertz CT molecular complexity index is 189. The van der Waals surface area contributed by atoms with E-state index in [1.165, 1.54) is 25.8 Å². The van der Waals surface area contributed by atoms with Gasteiger partial charge in [0.25, 0.3) is 0 Å². The fraction of sp³-hybridized carbons (Fsp3) is 0.636. The van der Waals surface area contributed by atoms with Gasteiger partial charge in [0.1, 0.15) is 0 Å². The largest absolute Gasteiger partial charge is 0.354 e. The molecule has 0 N–H and O–H groups in total. The molecule has 12 heavy (non-hydrogen) atoms. The lowest BCUT2D eigenvalue weighted by atomic mass is 10.0. The lowest BCUT2D eigenvalue weighted by Crippen LogP contribution is -2.05. The Morgan fingerprint density at radius 3 is 2.50 bits per heavy atom. The van der Waals surface area contributed by atoms with Gasteiger partial charge in [-0.25, -0.2) is 0 Å². The third-order valence-corrected chi connectivity index (χ3v) is 2.24. The summed E-state index contributed by atoms with van der Waals surface area (Å²) in [7, 11) is 0. The predicted octanol–water partition coefficient (Wildman–Crippen LogP) is 3.31. The minimum absolute atomic E-state index is 0.817. The van der Waals surface area contributed by atoms with Gasteiger partial charge in [0.15, 0.2) is 0 Å². The summed E-state index contributed by atoms with van der Waals surface area (Å²) in [4.78, 5) is 0. The SMILES string of the molecule is CCCCC(C)Cn1cccc1. The highest BCUT2D eigenvalue weighted by atomic mass is 14.9. The van der Waals surface area contributed by atoms with E-state index in [1.54, 1.807) is 0 Å². The van der Waals surface area contributed by atoms with Crippen molar-refractivity contribution in [1.29, 1.82) is 0 Å². The number of unbranched alkanes of at least 4 members (excludes halogenated alkanes) is 1. The summed E-state index contributed by atoms with van der Waals surface area (Å²) in [5, 5.41) is 0. The van der Waals surface area contributed by atoms with Crippen LogP contribution in [-0.2, 0) is 6.54 Å². The van der Waals surface area contributed by atoms with Crippen LogP contribution >= 0.6 is 0 Å². The predicted molar refractivity (Wildman–Crippen MR) is 53.1 cm³/mol. The van der Waals surface area contributed by atoms with Crippen LogP contribution in [-0.4, -0.2) is 4.57 Å². The van der Waals surface area contributed by atoms with Gasteiger partial charge in [0, 0.05) is 18.9 Å². The number of aromatic nitrogens is 1. The number of nitrogens with zero attached hydrogens (tertiary/aromatic N) is 1. The molecule has 0 saturated heterocycles. The van der Waals surface area contributed by atoms with E-state index in [4.69, 9.17) is 0 Å². The lowest BCUT2D eigenvalue weighted by Gasteiger charge is -2.11. The molecule has 0 aliphatic heterocycles. The second kappa shape index (κ2) is 5.02. The van der Waals surface area contributed by atoms with E-state index in [0.29, 0.717) is 0 Å². The van der Waals surface area contributed by atoms with Gasteiger partial charge in [-0.2, -0.15) is 0 Å². The van der Waals surface area contributed by atoms with Crippen LogP contribution in [0.3, 0.4) is 0 Å². The second-order valence-corrected chi connectivity index (χ2v) is 3.63. The summed E-state index contributed by atoms with van der Waals surface area (Å²) >= 11 is 0. The first-order valence-corrected chi connectivity index (χ1v) is 4.93. The fourth-order valence-electron chi connectivity index (χ4n) is 1.50. The third kappa shape index (κ3) is 3.12. The van der Waals surface area contributed by atoms with E-state index in [2.05, 4.69) is 42.9 Å². The van der Waals surface area contributed by atoms with Crippen LogP contribution in [0.5, 0.6) is 0 Å². The molecule has 68 valence electrons. The molecule has 0 spiro atoms. The van der Waals surface area contributed by atoms with Gasteiger partial charge in [0.2, 0.25) is 0 Å². The molecule has 0 amide bonds. The van der Waals surface area contributed by atoms with Crippen molar-refractivity contribution in [2.75, 3.05) is 0 Å². The lowest BCUT2D eigenvalue weighted by molar-refractivity contribution is 0.436. The maximum Gasteiger partial charge on any atom is 0.0245 e. The minimum atomic E-state index is 0.817. The van der Waals surface area contributed by atoms with Crippen LogP contribution in [0.2, 0.25) is 0 Å². The van der Waals surface area contributed by atoms with Crippen molar-refractivity contribution in [3.05, 3.63) is 24.5 Å². The van der Waals surface area contributed by atoms with Crippen molar-refractivity contribution < 1.29 is 0 Å². The molecule has 1 heteroatoms. The third-order valence-electron chi connectivity index (χ3n) is 2.24. The van der Waals surface area contributed by atoms with Gasteiger partial charge in [-0.1, -0.05) is 26.7 Å². The molecular weight excluding hydrogens is 146 g/mol. The average Bonchev–Trinajstić information content (AvgIpc) is 2.53. The molecule has 1 rings (SSSR count). The van der Waals surface area contributed by atoms with E-state index < -0.39 is 0 Å². The Balaban J connectivity index is 2.22. The van der Waals surface area contributed by atoms with Crippen molar-refractivity contribution in [1.82, 2.24) is 4.57 Å². The number of hydrogen-bond donors (Lipinski definition) is 0. The molecule has 1 atom stereocenters. The van der Waals surface area contributed by atoms with Gasteiger partial charge >= 0.3 is 0 Å². The molecule has 0 aliphatic carbocycles. The molecule has 0 aromatic carbocycles. The molecule has 1 heterocycles. The molecule has 0 saturated carbocycles. The average molecular weight is 165 g/mol. The maximum atomic E-state index is 2.33. The van der Waals surface area contributed by atoms with Crippen molar-refractivity contribution in [2.45, 2.75) is 39.7 Å². The van der Waals surface area contributed by atoms with Crippen molar-refractivity contribution in [3.8, 4) is 0 Å². The Hall–Kier alpha value is -0.720. The molecule has 1 aromatic rings. The summed E-state index contributed by atoms with van der Waals surface area (Å²) < 4.78 is 2.26. The summed E-state index contributed by atoms with van der Waals surface area (Å²) in [6, 6.07) is 4.18. The quantitative estimate of drug-likeness (QED) is 0.630. The highest BCUT2D eigenvalue weighted by Gasteiger charge is 2.00. The van der Waals surface area contributed by atoms with Crippen LogP contribution in [0.15, 0.2) is 24.5 Å². The normalized spacial score (nSPS) is 13.2. The molecule has 0 aliphatic rings. The van der Waals surface area contributed by atoms with Crippen molar-refractivity contribution >= 4 is 0 Å². The van der Waals surface area contributed by atoms with Crippen LogP contribution in [0, 0.1) is 5.92 Å². The van der Waals surface area contributed by atoms with Crippen LogP contribution < -0.4 is 0 Å². The minimum Gasteiger partial charge on any atom is -0.354 e. The topological polar surface area (TPSA) is 4.93 Å². The number of rotatable bonds is 5. The van der Waals surface area contributed by atoms with Gasteiger partial charge in [0.05, 0.1) is 0 Å². The van der Waals surface area contributed by atoms with Gasteiger partial charge in [-0.15, -0.1) is 0 Å². The Labute approximate surface area is 75.4 Å². The fourth-order valence-corrected chi connectivity index (χ4v) is 1.50. The van der Waals surface area contributed by atoms with E-state index in [-0.39, 0.29) is 0 Å². The molecule has 1 nitrogen and oxygen atoms in total. The van der Waals surface area contributed by atoms with Gasteiger partial charge < -0.3 is 4.57 Å². The van der Waals surface area contributed by atoms with Gasteiger partial charge in [-0.05, 0) is 24.5 Å². The van der Waals surface area contributed by atoms with Crippen LogP contribution in [0.4, 0.5) is 0 Å². The second-order valence-electron chi connectivity index (χ2n) is 3.63. The van der Waals surface area contributed by atoms with Gasteiger partial charge in [-0.3, -0.25) is 0 Å². The van der Waals surface area contributed by atoms with E-state index in [1.807, 2.05) is 0 Å². The standard InChI is InChI=1S/C11H19N/c1-3-4-7-11(2)10-12-8-5-6-9-12/h5-6,8-9,11H,3-4,7,10H2,1-2H3. The zero-order valence-electron chi connectivity index (χ0n) is 8.16. The Morgan fingerprint density at radius 1 is 1.25 bits per heavy atom. The first kappa shape index (κ1) is 9.37. The van der Waals surface area contributed by atoms with Crippen molar-refractivity contribution in [2.24, 2.45) is 5.92 Å². The first-order chi connectivity index (χ1) is 5.83. The number of hydrogen-bond acceptors (Lipinski definition) is 0. The molecular formula is C11H19N. The Kier molecular flexibility index (Phi) is 3.92. The molecule has 0 radical (unpaired) electrons. The summed E-state index contributed by atoms with van der Waals surface area (Å²) in [6.45, 7) is 5.75. The highest BCUT2D eigenvalue weighted by molar-refractivity contribution is 4.90. The first-order valence-electron chi connectivity index (χ1n) is 4.93. The molecule has 1 aromatic heterocycles. The zero-order chi connectivity index (χ0) is 8.81. The zero-order valence-corrected chi connectivity index (χ0v) is 8.16. The molecule has 0 bridgehead atoms. The summed E-state index contributed by atoms with van der Waals surface area (Å²) in [6.07, 6.45) is 8.32. The van der Waals surface area contributed by atoms with Crippen LogP contribution in [0.25, 0.3) is 0 Å².